The first-order chi connectivity index (χ1) is 11.8. The number of nitrogens with zero attached hydrogens (tertiary/aromatic N) is 2. The zero-order chi connectivity index (χ0) is 16.4. The van der Waals surface area contributed by atoms with Crippen LogP contribution in [-0.4, -0.2) is 59.4 Å². The molecule has 1 aliphatic heterocycles. The molecule has 0 aromatic carbocycles. The van der Waals surface area contributed by atoms with Gasteiger partial charge in [-0.1, -0.05) is 19.3 Å². The molecule has 3 aliphatic rings. The summed E-state index contributed by atoms with van der Waals surface area (Å²) in [5.41, 5.74) is 1.75. The summed E-state index contributed by atoms with van der Waals surface area (Å²) in [5.74, 6) is 0.549. The largest absolute Gasteiger partial charge is 0.379 e. The number of ether oxygens (including phenoxy) is 1. The Morgan fingerprint density at radius 1 is 1.29 bits per heavy atom. The number of carbonyl (C=O) groups is 1. The monoisotopic (exact) mass is 332 g/mol. The average molecular weight is 332 g/mol. The van der Waals surface area contributed by atoms with E-state index in [1.165, 1.54) is 44.9 Å². The zero-order valence-electron chi connectivity index (χ0n) is 14.4. The van der Waals surface area contributed by atoms with E-state index < -0.39 is 0 Å². The highest BCUT2D eigenvalue weighted by Gasteiger charge is 2.39. The van der Waals surface area contributed by atoms with Crippen molar-refractivity contribution in [1.82, 2.24) is 20.4 Å². The number of carbonyl (C=O) groups excluding carboxylic acids is 1. The summed E-state index contributed by atoms with van der Waals surface area (Å²) >= 11 is 0. The second-order valence-electron chi connectivity index (χ2n) is 7.55. The fourth-order valence-electron chi connectivity index (χ4n) is 4.24. The predicted molar refractivity (Wildman–Crippen MR) is 91.1 cm³/mol. The van der Waals surface area contributed by atoms with Crippen molar-refractivity contribution in [3.63, 3.8) is 0 Å². The lowest BCUT2D eigenvalue weighted by molar-refractivity contribution is -0.0361. The van der Waals surface area contributed by atoms with Gasteiger partial charge < -0.3 is 10.1 Å². The standard InChI is InChI=1S/C18H28N4O2/c23-17(16-12-15(20-21-16)14-4-5-14)19-13-18(6-2-1-3-7-18)22-8-10-24-11-9-22/h12,14H,1-11,13H2,(H,19,23)(H,20,21). The van der Waals surface area contributed by atoms with Gasteiger partial charge in [0.05, 0.1) is 13.2 Å². The van der Waals surface area contributed by atoms with E-state index in [-0.39, 0.29) is 11.4 Å². The number of rotatable bonds is 5. The second kappa shape index (κ2) is 6.84. The predicted octanol–water partition coefficient (Wildman–Crippen LogP) is 2.05. The zero-order valence-corrected chi connectivity index (χ0v) is 14.4. The van der Waals surface area contributed by atoms with Gasteiger partial charge in [0.15, 0.2) is 0 Å². The van der Waals surface area contributed by atoms with Gasteiger partial charge in [-0.2, -0.15) is 5.10 Å². The Kier molecular flexibility index (Phi) is 4.59. The molecule has 4 rings (SSSR count). The van der Waals surface area contributed by atoms with Gasteiger partial charge in [0, 0.05) is 36.8 Å². The molecule has 2 N–H and O–H groups in total. The molecular weight excluding hydrogens is 304 g/mol. The van der Waals surface area contributed by atoms with Crippen LogP contribution in [0.3, 0.4) is 0 Å². The minimum Gasteiger partial charge on any atom is -0.379 e. The Morgan fingerprint density at radius 2 is 2.04 bits per heavy atom. The van der Waals surface area contributed by atoms with Crippen molar-refractivity contribution in [2.75, 3.05) is 32.8 Å². The van der Waals surface area contributed by atoms with Crippen molar-refractivity contribution in [2.45, 2.75) is 56.4 Å². The van der Waals surface area contributed by atoms with E-state index in [0.717, 1.165) is 38.5 Å². The summed E-state index contributed by atoms with van der Waals surface area (Å²) in [7, 11) is 0. The van der Waals surface area contributed by atoms with Crippen LogP contribution in [-0.2, 0) is 4.74 Å². The molecule has 24 heavy (non-hydrogen) atoms. The van der Waals surface area contributed by atoms with Crippen molar-refractivity contribution < 1.29 is 9.53 Å². The molecule has 1 aromatic rings. The van der Waals surface area contributed by atoms with E-state index in [0.29, 0.717) is 11.6 Å². The number of aromatic nitrogens is 2. The van der Waals surface area contributed by atoms with E-state index in [4.69, 9.17) is 4.74 Å². The minimum atomic E-state index is -0.0450. The molecule has 0 atom stereocenters. The molecular formula is C18H28N4O2. The van der Waals surface area contributed by atoms with Crippen molar-refractivity contribution in [3.05, 3.63) is 17.5 Å². The molecule has 0 spiro atoms. The third-order valence-corrected chi connectivity index (χ3v) is 5.89. The molecule has 2 saturated carbocycles. The quantitative estimate of drug-likeness (QED) is 0.866. The number of nitrogens with one attached hydrogen (secondary N) is 2. The highest BCUT2D eigenvalue weighted by molar-refractivity contribution is 5.92. The molecule has 6 heteroatoms. The molecule has 1 aromatic heterocycles. The molecule has 0 unspecified atom stereocenters. The topological polar surface area (TPSA) is 70.2 Å². The third kappa shape index (κ3) is 3.35. The molecule has 132 valence electrons. The van der Waals surface area contributed by atoms with E-state index in [2.05, 4.69) is 20.4 Å². The second-order valence-corrected chi connectivity index (χ2v) is 7.55. The Morgan fingerprint density at radius 3 is 2.75 bits per heavy atom. The Bertz CT molecular complexity index is 569. The normalized spacial score (nSPS) is 24.7. The SMILES string of the molecule is O=C(NCC1(N2CCOCC2)CCCCC1)c1cc(C2CC2)[nH]n1. The van der Waals surface area contributed by atoms with Crippen molar-refractivity contribution in [2.24, 2.45) is 0 Å². The fraction of sp³-hybridized carbons (Fsp3) is 0.778. The van der Waals surface area contributed by atoms with Crippen LogP contribution in [0.1, 0.15) is 67.0 Å². The molecule has 0 radical (unpaired) electrons. The van der Waals surface area contributed by atoms with Gasteiger partial charge in [0.2, 0.25) is 0 Å². The fourth-order valence-corrected chi connectivity index (χ4v) is 4.24. The van der Waals surface area contributed by atoms with Gasteiger partial charge in [-0.3, -0.25) is 14.8 Å². The van der Waals surface area contributed by atoms with Crippen molar-refractivity contribution >= 4 is 5.91 Å². The third-order valence-electron chi connectivity index (χ3n) is 5.89. The van der Waals surface area contributed by atoms with Gasteiger partial charge >= 0.3 is 0 Å². The maximum absolute atomic E-state index is 12.5. The Balaban J connectivity index is 1.40. The number of hydrogen-bond donors (Lipinski definition) is 2. The van der Waals surface area contributed by atoms with Gasteiger partial charge in [-0.15, -0.1) is 0 Å². The minimum absolute atomic E-state index is 0.0450. The van der Waals surface area contributed by atoms with Crippen LogP contribution in [0.5, 0.6) is 0 Å². The Labute approximate surface area is 143 Å². The number of morpholine rings is 1. The van der Waals surface area contributed by atoms with E-state index >= 15 is 0 Å². The summed E-state index contributed by atoms with van der Waals surface area (Å²) in [6.07, 6.45) is 8.57. The lowest BCUT2D eigenvalue weighted by Gasteiger charge is -2.48. The van der Waals surface area contributed by atoms with Crippen LogP contribution in [0, 0.1) is 0 Å². The number of H-pyrrole nitrogens is 1. The molecule has 0 bridgehead atoms. The van der Waals surface area contributed by atoms with E-state index in [1.54, 1.807) is 0 Å². The van der Waals surface area contributed by atoms with Crippen LogP contribution < -0.4 is 5.32 Å². The lowest BCUT2D eigenvalue weighted by Crippen LogP contribution is -2.59. The number of amides is 1. The maximum atomic E-state index is 12.5. The van der Waals surface area contributed by atoms with Crippen molar-refractivity contribution in [1.29, 1.82) is 0 Å². The van der Waals surface area contributed by atoms with E-state index in [9.17, 15) is 4.79 Å². The first-order valence-corrected chi connectivity index (χ1v) is 9.43. The summed E-state index contributed by atoms with van der Waals surface area (Å²) in [5, 5.41) is 10.4. The van der Waals surface area contributed by atoms with Crippen LogP contribution in [0.2, 0.25) is 0 Å². The first-order valence-electron chi connectivity index (χ1n) is 9.43. The van der Waals surface area contributed by atoms with Crippen LogP contribution in [0.15, 0.2) is 6.07 Å². The highest BCUT2D eigenvalue weighted by Crippen LogP contribution is 2.39. The van der Waals surface area contributed by atoms with Crippen LogP contribution in [0.25, 0.3) is 0 Å². The molecule has 2 heterocycles. The van der Waals surface area contributed by atoms with Crippen LogP contribution in [0.4, 0.5) is 0 Å². The smallest absolute Gasteiger partial charge is 0.271 e. The van der Waals surface area contributed by atoms with Gasteiger partial charge in [0.25, 0.3) is 5.91 Å². The van der Waals surface area contributed by atoms with Crippen molar-refractivity contribution in [3.8, 4) is 0 Å². The summed E-state index contributed by atoms with van der Waals surface area (Å²) in [6, 6.07) is 1.93. The highest BCUT2D eigenvalue weighted by atomic mass is 16.5. The van der Waals surface area contributed by atoms with Gasteiger partial charge in [0.1, 0.15) is 5.69 Å². The molecule has 6 nitrogen and oxygen atoms in total. The van der Waals surface area contributed by atoms with E-state index in [1.807, 2.05) is 6.07 Å². The number of aromatic amines is 1. The molecule has 1 saturated heterocycles. The summed E-state index contributed by atoms with van der Waals surface area (Å²) < 4.78 is 5.52. The summed E-state index contributed by atoms with van der Waals surface area (Å²) in [4.78, 5) is 15.1. The van der Waals surface area contributed by atoms with Crippen LogP contribution >= 0.6 is 0 Å². The lowest BCUT2D eigenvalue weighted by atomic mass is 9.79. The number of hydrogen-bond acceptors (Lipinski definition) is 4. The van der Waals surface area contributed by atoms with Gasteiger partial charge in [-0.05, 0) is 31.7 Å². The summed E-state index contributed by atoms with van der Waals surface area (Å²) in [6.45, 7) is 4.28. The maximum Gasteiger partial charge on any atom is 0.271 e. The average Bonchev–Trinajstić information content (AvgIpc) is 3.38. The first kappa shape index (κ1) is 16.1. The van der Waals surface area contributed by atoms with Gasteiger partial charge in [-0.25, -0.2) is 0 Å². The molecule has 2 aliphatic carbocycles. The molecule has 1 amide bonds. The Hall–Kier alpha value is -1.40. The molecule has 3 fully saturated rings.